The van der Waals surface area contributed by atoms with Crippen molar-refractivity contribution in [2.45, 2.75) is 59.0 Å². The van der Waals surface area contributed by atoms with E-state index in [4.69, 9.17) is 4.98 Å². The van der Waals surface area contributed by atoms with Crippen molar-refractivity contribution in [1.29, 1.82) is 0 Å². The zero-order valence-electron chi connectivity index (χ0n) is 12.7. The molecule has 1 aromatic rings. The lowest BCUT2D eigenvalue weighted by Crippen LogP contribution is -2.36. The van der Waals surface area contributed by atoms with Crippen LogP contribution in [0.5, 0.6) is 0 Å². The van der Waals surface area contributed by atoms with Crippen LogP contribution in [0.15, 0.2) is 6.07 Å². The van der Waals surface area contributed by atoms with Crippen LogP contribution >= 0.6 is 0 Å². The predicted octanol–water partition coefficient (Wildman–Crippen LogP) is 2.66. The van der Waals surface area contributed by atoms with Crippen LogP contribution in [0.25, 0.3) is 0 Å². The number of aryl methyl sites for hydroxylation is 1. The fourth-order valence-electron chi connectivity index (χ4n) is 2.30. The lowest BCUT2D eigenvalue weighted by atomic mass is 10.1. The van der Waals surface area contributed by atoms with Gasteiger partial charge in [-0.15, -0.1) is 0 Å². The van der Waals surface area contributed by atoms with Gasteiger partial charge in [-0.25, -0.2) is 9.97 Å². The van der Waals surface area contributed by atoms with Crippen molar-refractivity contribution in [1.82, 2.24) is 15.3 Å². The molecule has 1 aliphatic rings. The summed E-state index contributed by atoms with van der Waals surface area (Å²) in [4.78, 5) is 11.6. The summed E-state index contributed by atoms with van der Waals surface area (Å²) in [6.45, 7) is 11.6. The van der Waals surface area contributed by atoms with Crippen LogP contribution in [0.3, 0.4) is 0 Å². The van der Waals surface area contributed by atoms with E-state index >= 15 is 0 Å². The summed E-state index contributed by atoms with van der Waals surface area (Å²) >= 11 is 0. The van der Waals surface area contributed by atoms with E-state index in [0.29, 0.717) is 0 Å². The third-order valence-corrected chi connectivity index (χ3v) is 3.33. The highest BCUT2D eigenvalue weighted by molar-refractivity contribution is 5.32. The molecule has 0 amide bonds. The molecule has 0 aromatic carbocycles. The molecule has 1 N–H and O–H groups in total. The van der Waals surface area contributed by atoms with E-state index < -0.39 is 0 Å². The van der Waals surface area contributed by atoms with Crippen molar-refractivity contribution in [3.63, 3.8) is 0 Å². The van der Waals surface area contributed by atoms with Crippen molar-refractivity contribution >= 4 is 5.95 Å². The normalized spacial score (nSPS) is 16.7. The number of hydrogen-bond acceptors (Lipinski definition) is 4. The Morgan fingerprint density at radius 2 is 1.84 bits per heavy atom. The van der Waals surface area contributed by atoms with Gasteiger partial charge in [-0.2, -0.15) is 0 Å². The summed E-state index contributed by atoms with van der Waals surface area (Å²) in [6.07, 6.45) is 3.85. The van der Waals surface area contributed by atoms with E-state index in [9.17, 15) is 0 Å². The van der Waals surface area contributed by atoms with Crippen LogP contribution in [0.4, 0.5) is 5.95 Å². The minimum Gasteiger partial charge on any atom is -0.341 e. The molecule has 0 spiro atoms. The molecule has 2 rings (SSSR count). The SMILES string of the molecule is Cc1cc(CNC(C)(C)C)nc(N2CCCCC2)n1. The highest BCUT2D eigenvalue weighted by atomic mass is 15.3. The first-order valence-corrected chi connectivity index (χ1v) is 7.28. The predicted molar refractivity (Wildman–Crippen MR) is 79.4 cm³/mol. The summed E-state index contributed by atoms with van der Waals surface area (Å²) in [5, 5.41) is 3.49. The molecular weight excluding hydrogens is 236 g/mol. The Kier molecular flexibility index (Phi) is 4.40. The van der Waals surface area contributed by atoms with Crippen LogP contribution in [-0.2, 0) is 6.54 Å². The molecule has 2 heterocycles. The van der Waals surface area contributed by atoms with Gasteiger partial charge in [0, 0.05) is 30.9 Å². The van der Waals surface area contributed by atoms with Crippen LogP contribution < -0.4 is 10.2 Å². The van der Waals surface area contributed by atoms with Gasteiger partial charge in [0.05, 0.1) is 5.69 Å². The number of nitrogens with zero attached hydrogens (tertiary/aromatic N) is 3. The van der Waals surface area contributed by atoms with Crippen LogP contribution in [0.1, 0.15) is 51.4 Å². The first kappa shape index (κ1) is 14.3. The molecule has 0 atom stereocenters. The molecule has 4 nitrogen and oxygen atoms in total. The Morgan fingerprint density at radius 1 is 1.16 bits per heavy atom. The van der Waals surface area contributed by atoms with E-state index in [1.165, 1.54) is 19.3 Å². The first-order chi connectivity index (χ1) is 8.94. The molecule has 106 valence electrons. The van der Waals surface area contributed by atoms with Gasteiger partial charge in [-0.05, 0) is 53.0 Å². The summed E-state index contributed by atoms with van der Waals surface area (Å²) in [6, 6.07) is 2.08. The highest BCUT2D eigenvalue weighted by Crippen LogP contribution is 2.16. The fourth-order valence-corrected chi connectivity index (χ4v) is 2.30. The average Bonchev–Trinajstić information content (AvgIpc) is 2.36. The fraction of sp³-hybridized carbons (Fsp3) is 0.733. The van der Waals surface area contributed by atoms with Gasteiger partial charge < -0.3 is 10.2 Å². The van der Waals surface area contributed by atoms with Crippen LogP contribution in [0.2, 0.25) is 0 Å². The number of piperidine rings is 1. The number of rotatable bonds is 3. The van der Waals surface area contributed by atoms with E-state index in [1.54, 1.807) is 0 Å². The topological polar surface area (TPSA) is 41.1 Å². The van der Waals surface area contributed by atoms with E-state index in [1.807, 2.05) is 0 Å². The van der Waals surface area contributed by atoms with E-state index in [0.717, 1.165) is 37.0 Å². The van der Waals surface area contributed by atoms with Gasteiger partial charge in [0.15, 0.2) is 0 Å². The number of hydrogen-bond donors (Lipinski definition) is 1. The molecule has 0 unspecified atom stereocenters. The minimum atomic E-state index is 0.115. The van der Waals surface area contributed by atoms with Crippen LogP contribution in [-0.4, -0.2) is 28.6 Å². The number of aromatic nitrogens is 2. The summed E-state index contributed by atoms with van der Waals surface area (Å²) in [5.74, 6) is 0.908. The van der Waals surface area contributed by atoms with Crippen molar-refractivity contribution < 1.29 is 0 Å². The maximum atomic E-state index is 4.71. The van der Waals surface area contributed by atoms with Crippen molar-refractivity contribution in [3.8, 4) is 0 Å². The van der Waals surface area contributed by atoms with Gasteiger partial charge >= 0.3 is 0 Å². The smallest absolute Gasteiger partial charge is 0.225 e. The Morgan fingerprint density at radius 3 is 2.47 bits per heavy atom. The van der Waals surface area contributed by atoms with E-state index in [-0.39, 0.29) is 5.54 Å². The molecule has 1 aromatic heterocycles. The summed E-state index contributed by atoms with van der Waals surface area (Å²) < 4.78 is 0. The first-order valence-electron chi connectivity index (χ1n) is 7.28. The Bertz CT molecular complexity index is 417. The third-order valence-electron chi connectivity index (χ3n) is 3.33. The lowest BCUT2D eigenvalue weighted by Gasteiger charge is -2.27. The molecule has 0 radical (unpaired) electrons. The van der Waals surface area contributed by atoms with Crippen molar-refractivity contribution in [3.05, 3.63) is 17.5 Å². The third kappa shape index (κ3) is 4.46. The molecule has 0 aliphatic carbocycles. The maximum Gasteiger partial charge on any atom is 0.225 e. The molecular formula is C15H26N4. The second-order valence-electron chi connectivity index (χ2n) is 6.45. The van der Waals surface area contributed by atoms with Gasteiger partial charge in [0.25, 0.3) is 0 Å². The molecule has 0 bridgehead atoms. The minimum absolute atomic E-state index is 0.115. The molecule has 1 fully saturated rings. The van der Waals surface area contributed by atoms with Crippen molar-refractivity contribution in [2.24, 2.45) is 0 Å². The second kappa shape index (κ2) is 5.87. The molecule has 1 saturated heterocycles. The molecule has 0 saturated carbocycles. The van der Waals surface area contributed by atoms with Gasteiger partial charge in [0.1, 0.15) is 0 Å². The Hall–Kier alpha value is -1.16. The zero-order valence-corrected chi connectivity index (χ0v) is 12.7. The summed E-state index contributed by atoms with van der Waals surface area (Å²) in [5.41, 5.74) is 2.26. The Labute approximate surface area is 116 Å². The number of anilines is 1. The second-order valence-corrected chi connectivity index (χ2v) is 6.45. The monoisotopic (exact) mass is 262 g/mol. The maximum absolute atomic E-state index is 4.71. The Balaban J connectivity index is 2.10. The standard InChI is InChI=1S/C15H26N4/c1-12-10-13(11-16-15(2,3)4)18-14(17-12)19-8-6-5-7-9-19/h10,16H,5-9,11H2,1-4H3. The highest BCUT2D eigenvalue weighted by Gasteiger charge is 2.15. The molecule has 4 heteroatoms. The molecule has 19 heavy (non-hydrogen) atoms. The van der Waals surface area contributed by atoms with Gasteiger partial charge in [0.2, 0.25) is 5.95 Å². The number of nitrogens with one attached hydrogen (secondary N) is 1. The lowest BCUT2D eigenvalue weighted by molar-refractivity contribution is 0.421. The van der Waals surface area contributed by atoms with Gasteiger partial charge in [-0.1, -0.05) is 0 Å². The summed E-state index contributed by atoms with van der Waals surface area (Å²) in [7, 11) is 0. The van der Waals surface area contributed by atoms with Gasteiger partial charge in [-0.3, -0.25) is 0 Å². The zero-order chi connectivity index (χ0) is 13.9. The largest absolute Gasteiger partial charge is 0.341 e. The quantitative estimate of drug-likeness (QED) is 0.909. The van der Waals surface area contributed by atoms with Crippen LogP contribution in [0, 0.1) is 6.92 Å². The van der Waals surface area contributed by atoms with Crippen molar-refractivity contribution in [2.75, 3.05) is 18.0 Å². The average molecular weight is 262 g/mol. The van der Waals surface area contributed by atoms with E-state index in [2.05, 4.69) is 49.0 Å². The molecule has 1 aliphatic heterocycles.